The Hall–Kier alpha value is -2.71. The van der Waals surface area contributed by atoms with Crippen molar-refractivity contribution in [1.82, 2.24) is 9.88 Å². The van der Waals surface area contributed by atoms with Crippen LogP contribution in [0, 0.1) is 17.0 Å². The second-order valence-corrected chi connectivity index (χ2v) is 8.03. The molecular formula is C19H17ClN4O3S. The summed E-state index contributed by atoms with van der Waals surface area (Å²) in [5, 5.41) is 12.2. The third-order valence-electron chi connectivity index (χ3n) is 4.84. The van der Waals surface area contributed by atoms with Gasteiger partial charge in [-0.25, -0.2) is 4.98 Å². The van der Waals surface area contributed by atoms with E-state index in [0.717, 1.165) is 20.9 Å². The van der Waals surface area contributed by atoms with Gasteiger partial charge in [-0.3, -0.25) is 14.9 Å². The molecule has 7 nitrogen and oxygen atoms in total. The number of nitro benzene ring substituents is 1. The highest BCUT2D eigenvalue weighted by molar-refractivity contribution is 7.22. The lowest BCUT2D eigenvalue weighted by atomic mass is 10.1. The number of nitro groups is 1. The van der Waals surface area contributed by atoms with Gasteiger partial charge in [0.1, 0.15) is 0 Å². The Bertz CT molecular complexity index is 1080. The average molecular weight is 417 g/mol. The van der Waals surface area contributed by atoms with Crippen LogP contribution >= 0.6 is 22.9 Å². The summed E-state index contributed by atoms with van der Waals surface area (Å²) >= 11 is 7.76. The molecule has 1 saturated heterocycles. The zero-order valence-corrected chi connectivity index (χ0v) is 16.7. The summed E-state index contributed by atoms with van der Waals surface area (Å²) in [7, 11) is 0. The van der Waals surface area contributed by atoms with Gasteiger partial charge in [-0.2, -0.15) is 0 Å². The molecule has 4 rings (SSSR count). The molecule has 0 bridgehead atoms. The minimum atomic E-state index is -0.528. The summed E-state index contributed by atoms with van der Waals surface area (Å²) in [6.45, 7) is 4.36. The molecule has 3 aromatic rings. The van der Waals surface area contributed by atoms with Gasteiger partial charge in [0.2, 0.25) is 0 Å². The number of hydrogen-bond acceptors (Lipinski definition) is 6. The third kappa shape index (κ3) is 3.41. The number of non-ortho nitro benzene ring substituents is 1. The maximum atomic E-state index is 12.8. The molecule has 0 spiro atoms. The molecule has 144 valence electrons. The number of halogens is 1. The lowest BCUT2D eigenvalue weighted by molar-refractivity contribution is -0.384. The molecule has 1 aromatic heterocycles. The zero-order valence-electron chi connectivity index (χ0n) is 15.1. The minimum Gasteiger partial charge on any atom is -0.345 e. The number of carbonyl (C=O) groups excluding carboxylic acids is 1. The predicted octanol–water partition coefficient (Wildman–Crippen LogP) is 4.13. The highest BCUT2D eigenvalue weighted by Gasteiger charge is 2.26. The molecule has 0 atom stereocenters. The van der Waals surface area contributed by atoms with Crippen LogP contribution in [0.5, 0.6) is 0 Å². The number of piperazine rings is 1. The van der Waals surface area contributed by atoms with E-state index >= 15 is 0 Å². The van der Waals surface area contributed by atoms with Crippen LogP contribution in [-0.2, 0) is 0 Å². The number of hydrogen-bond donors (Lipinski definition) is 0. The first-order valence-corrected chi connectivity index (χ1v) is 9.98. The van der Waals surface area contributed by atoms with Gasteiger partial charge in [0.05, 0.1) is 25.7 Å². The van der Waals surface area contributed by atoms with Gasteiger partial charge in [0, 0.05) is 38.3 Å². The van der Waals surface area contributed by atoms with Gasteiger partial charge in [-0.15, -0.1) is 0 Å². The second-order valence-electron chi connectivity index (χ2n) is 6.62. The van der Waals surface area contributed by atoms with Gasteiger partial charge < -0.3 is 9.80 Å². The van der Waals surface area contributed by atoms with E-state index in [1.165, 1.54) is 18.2 Å². The lowest BCUT2D eigenvalue weighted by Gasteiger charge is -2.34. The fraction of sp³-hybridized carbons (Fsp3) is 0.263. The number of amides is 1. The number of aromatic nitrogens is 1. The van der Waals surface area contributed by atoms with Crippen LogP contribution < -0.4 is 4.90 Å². The first-order valence-electron chi connectivity index (χ1n) is 8.78. The molecule has 9 heteroatoms. The number of para-hydroxylation sites is 1. The molecule has 0 aliphatic carbocycles. The van der Waals surface area contributed by atoms with Crippen LogP contribution in [0.1, 0.15) is 15.9 Å². The molecule has 0 unspecified atom stereocenters. The van der Waals surface area contributed by atoms with Crippen LogP contribution in [0.3, 0.4) is 0 Å². The summed E-state index contributed by atoms with van der Waals surface area (Å²) in [6.07, 6.45) is 0. The van der Waals surface area contributed by atoms with Crippen molar-refractivity contribution in [2.45, 2.75) is 6.92 Å². The van der Waals surface area contributed by atoms with E-state index in [0.29, 0.717) is 26.2 Å². The molecule has 28 heavy (non-hydrogen) atoms. The molecular weight excluding hydrogens is 400 g/mol. The normalized spacial score (nSPS) is 14.5. The van der Waals surface area contributed by atoms with Gasteiger partial charge in [-0.1, -0.05) is 35.1 Å². The van der Waals surface area contributed by atoms with E-state index in [2.05, 4.69) is 11.0 Å². The second kappa shape index (κ2) is 7.37. The number of aryl methyl sites for hydroxylation is 1. The highest BCUT2D eigenvalue weighted by atomic mass is 35.5. The van der Waals surface area contributed by atoms with Crippen LogP contribution in [-0.4, -0.2) is 46.9 Å². The Morgan fingerprint density at radius 2 is 1.96 bits per heavy atom. The predicted molar refractivity (Wildman–Crippen MR) is 111 cm³/mol. The topological polar surface area (TPSA) is 79.6 Å². The van der Waals surface area contributed by atoms with Crippen molar-refractivity contribution in [1.29, 1.82) is 0 Å². The number of benzene rings is 2. The summed E-state index contributed by atoms with van der Waals surface area (Å²) in [4.78, 5) is 31.9. The Morgan fingerprint density at radius 3 is 2.64 bits per heavy atom. The Kier molecular flexibility index (Phi) is 4.91. The van der Waals surface area contributed by atoms with Gasteiger partial charge in [-0.05, 0) is 24.6 Å². The number of nitrogens with zero attached hydrogens (tertiary/aromatic N) is 4. The third-order valence-corrected chi connectivity index (χ3v) is 6.25. The SMILES string of the molecule is Cc1cccc2sc(N3CCN(C(=O)c4cc([N+](=O)[O-])ccc4Cl)CC3)nc12. The number of fused-ring (bicyclic) bond motifs is 1. The van der Waals surface area contributed by atoms with E-state index in [1.807, 2.05) is 19.1 Å². The Labute approximate surface area is 170 Å². The van der Waals surface area contributed by atoms with E-state index in [1.54, 1.807) is 16.2 Å². The van der Waals surface area contributed by atoms with Crippen LogP contribution in [0.4, 0.5) is 10.8 Å². The number of carbonyl (C=O) groups is 1. The largest absolute Gasteiger partial charge is 0.345 e. The van der Waals surface area contributed by atoms with E-state index < -0.39 is 4.92 Å². The summed E-state index contributed by atoms with van der Waals surface area (Å²) in [6, 6.07) is 10.1. The van der Waals surface area contributed by atoms with Gasteiger partial charge >= 0.3 is 0 Å². The molecule has 0 N–H and O–H groups in total. The van der Waals surface area contributed by atoms with Gasteiger partial charge in [0.15, 0.2) is 5.13 Å². The van der Waals surface area contributed by atoms with Crippen LogP contribution in [0.2, 0.25) is 5.02 Å². The monoisotopic (exact) mass is 416 g/mol. The number of anilines is 1. The van der Waals surface area contributed by atoms with Gasteiger partial charge in [0.25, 0.3) is 11.6 Å². The molecule has 2 aromatic carbocycles. The highest BCUT2D eigenvalue weighted by Crippen LogP contribution is 2.31. The summed E-state index contributed by atoms with van der Waals surface area (Å²) in [5.74, 6) is -0.284. The van der Waals surface area contributed by atoms with Crippen LogP contribution in [0.25, 0.3) is 10.2 Å². The Balaban J connectivity index is 1.49. The zero-order chi connectivity index (χ0) is 19.8. The van der Waals surface area contributed by atoms with E-state index in [4.69, 9.17) is 16.6 Å². The van der Waals surface area contributed by atoms with Crippen molar-refractivity contribution >= 4 is 49.9 Å². The maximum Gasteiger partial charge on any atom is 0.270 e. The summed E-state index contributed by atoms with van der Waals surface area (Å²) in [5.41, 5.74) is 2.19. The molecule has 1 amide bonds. The lowest BCUT2D eigenvalue weighted by Crippen LogP contribution is -2.48. The molecule has 1 aliphatic heterocycles. The number of thiazole rings is 1. The van der Waals surface area contributed by atoms with Crippen molar-refractivity contribution in [3.05, 3.63) is 62.7 Å². The molecule has 2 heterocycles. The molecule has 1 aliphatic rings. The van der Waals surface area contributed by atoms with Crippen molar-refractivity contribution in [2.75, 3.05) is 31.1 Å². The maximum absolute atomic E-state index is 12.8. The Morgan fingerprint density at radius 1 is 1.21 bits per heavy atom. The van der Waals surface area contributed by atoms with Crippen molar-refractivity contribution in [2.24, 2.45) is 0 Å². The molecule has 1 fully saturated rings. The van der Waals surface area contributed by atoms with E-state index in [-0.39, 0.29) is 22.2 Å². The number of rotatable bonds is 3. The first kappa shape index (κ1) is 18.6. The molecule has 0 radical (unpaired) electrons. The van der Waals surface area contributed by atoms with Crippen LogP contribution in [0.15, 0.2) is 36.4 Å². The smallest absolute Gasteiger partial charge is 0.270 e. The fourth-order valence-electron chi connectivity index (χ4n) is 3.27. The fourth-order valence-corrected chi connectivity index (χ4v) is 4.57. The van der Waals surface area contributed by atoms with E-state index in [9.17, 15) is 14.9 Å². The minimum absolute atomic E-state index is 0.142. The first-order chi connectivity index (χ1) is 13.4. The van der Waals surface area contributed by atoms with Crippen molar-refractivity contribution in [3.63, 3.8) is 0 Å². The average Bonchev–Trinajstić information content (AvgIpc) is 3.13. The van der Waals surface area contributed by atoms with Crippen molar-refractivity contribution < 1.29 is 9.72 Å². The summed E-state index contributed by atoms with van der Waals surface area (Å²) < 4.78 is 1.15. The standard InChI is InChI=1S/C19H17ClN4O3S/c1-12-3-2-4-16-17(12)21-19(28-16)23-9-7-22(8-10-23)18(25)14-11-13(24(26)27)5-6-15(14)20/h2-6,11H,7-10H2,1H3. The quantitative estimate of drug-likeness (QED) is 0.473. The van der Waals surface area contributed by atoms with Crippen molar-refractivity contribution in [3.8, 4) is 0 Å². The molecule has 0 saturated carbocycles.